The van der Waals surface area contributed by atoms with E-state index < -0.39 is 46.1 Å². The number of rotatable bonds is 8. The second-order valence-corrected chi connectivity index (χ2v) is 9.08. The lowest BCUT2D eigenvalue weighted by molar-refractivity contribution is -0.139. The third-order valence-corrected chi connectivity index (χ3v) is 5.86. The number of nitrogens with zero attached hydrogens (tertiary/aromatic N) is 2. The molecule has 0 fully saturated rings. The predicted molar refractivity (Wildman–Crippen MR) is 114 cm³/mol. The molecule has 2 aromatic carbocycles. The van der Waals surface area contributed by atoms with Crippen molar-refractivity contribution in [3.63, 3.8) is 0 Å². The summed E-state index contributed by atoms with van der Waals surface area (Å²) in [6, 6.07) is 8.98. The summed E-state index contributed by atoms with van der Waals surface area (Å²) in [6.45, 7) is 2.78. The molecule has 0 aromatic heterocycles. The van der Waals surface area contributed by atoms with Crippen LogP contribution in [-0.4, -0.2) is 51.0 Å². The van der Waals surface area contributed by atoms with E-state index in [4.69, 9.17) is 0 Å². The van der Waals surface area contributed by atoms with Crippen LogP contribution in [0.2, 0.25) is 0 Å². The molecule has 0 saturated carbocycles. The number of aryl methyl sites for hydroxylation is 1. The molecule has 0 radical (unpaired) electrons. The lowest BCUT2D eigenvalue weighted by Gasteiger charge is -2.31. The lowest BCUT2D eigenvalue weighted by Crippen LogP contribution is -2.50. The number of likely N-dealkylation sites (N-methyl/N-ethyl adjacent to an activating group) is 1. The smallest absolute Gasteiger partial charge is 0.244 e. The molecule has 0 bridgehead atoms. The van der Waals surface area contributed by atoms with Gasteiger partial charge in [-0.05, 0) is 31.5 Å². The SMILES string of the molecule is CNC(=O)[C@@H](C)N(Cc1cccc(C)c1)C(=O)CN(c1ccc(F)c(F)c1)S(C)(=O)=O. The van der Waals surface area contributed by atoms with Crippen LogP contribution in [0.5, 0.6) is 0 Å². The van der Waals surface area contributed by atoms with Crippen molar-refractivity contribution in [3.8, 4) is 0 Å². The van der Waals surface area contributed by atoms with Crippen molar-refractivity contribution in [2.24, 2.45) is 0 Å². The van der Waals surface area contributed by atoms with E-state index in [1.165, 1.54) is 18.9 Å². The summed E-state index contributed by atoms with van der Waals surface area (Å²) in [5.41, 5.74) is 1.51. The molecule has 0 aliphatic heterocycles. The van der Waals surface area contributed by atoms with Crippen molar-refractivity contribution in [1.82, 2.24) is 10.2 Å². The first-order valence-electron chi connectivity index (χ1n) is 9.43. The van der Waals surface area contributed by atoms with Gasteiger partial charge in [-0.1, -0.05) is 29.8 Å². The van der Waals surface area contributed by atoms with Crippen molar-refractivity contribution >= 4 is 27.5 Å². The molecular formula is C21H25F2N3O4S. The lowest BCUT2D eigenvalue weighted by atomic mass is 10.1. The van der Waals surface area contributed by atoms with Gasteiger partial charge < -0.3 is 10.2 Å². The topological polar surface area (TPSA) is 86.8 Å². The minimum absolute atomic E-state index is 0.0600. The van der Waals surface area contributed by atoms with Crippen LogP contribution >= 0.6 is 0 Å². The highest BCUT2D eigenvalue weighted by molar-refractivity contribution is 7.92. The molecule has 0 heterocycles. The standard InChI is InChI=1S/C21H25F2N3O4S/c1-14-6-5-7-16(10-14)12-25(15(2)21(28)24-3)20(27)13-26(31(4,29)30)17-8-9-18(22)19(23)11-17/h5-11,15H,12-13H2,1-4H3,(H,24,28)/t15-/m1/s1. The zero-order chi connectivity index (χ0) is 23.3. The number of sulfonamides is 1. The molecule has 2 aromatic rings. The van der Waals surface area contributed by atoms with E-state index in [0.29, 0.717) is 10.4 Å². The van der Waals surface area contributed by atoms with E-state index in [1.807, 2.05) is 25.1 Å². The number of hydrogen-bond donors (Lipinski definition) is 1. The van der Waals surface area contributed by atoms with Crippen LogP contribution in [0, 0.1) is 18.6 Å². The maximum Gasteiger partial charge on any atom is 0.244 e. The first kappa shape index (κ1) is 24.3. The highest BCUT2D eigenvalue weighted by Gasteiger charge is 2.30. The van der Waals surface area contributed by atoms with Crippen molar-refractivity contribution in [1.29, 1.82) is 0 Å². The number of benzene rings is 2. The van der Waals surface area contributed by atoms with E-state index in [9.17, 15) is 26.8 Å². The summed E-state index contributed by atoms with van der Waals surface area (Å²) in [5.74, 6) is -3.49. The third-order valence-electron chi connectivity index (χ3n) is 4.72. The second kappa shape index (κ2) is 9.86. The molecule has 1 N–H and O–H groups in total. The summed E-state index contributed by atoms with van der Waals surface area (Å²) < 4.78 is 52.3. The Bertz CT molecular complexity index is 1080. The van der Waals surface area contributed by atoms with Crippen molar-refractivity contribution < 1.29 is 26.8 Å². The van der Waals surface area contributed by atoms with Crippen LogP contribution in [0.4, 0.5) is 14.5 Å². The maximum atomic E-state index is 13.7. The van der Waals surface area contributed by atoms with Crippen LogP contribution in [0.15, 0.2) is 42.5 Å². The van der Waals surface area contributed by atoms with Crippen LogP contribution in [-0.2, 0) is 26.2 Å². The van der Waals surface area contributed by atoms with E-state index >= 15 is 0 Å². The van der Waals surface area contributed by atoms with Gasteiger partial charge in [0.25, 0.3) is 0 Å². The molecular weight excluding hydrogens is 428 g/mol. The number of nitrogens with one attached hydrogen (secondary N) is 1. The van der Waals surface area contributed by atoms with E-state index in [1.54, 1.807) is 6.07 Å². The van der Waals surface area contributed by atoms with Gasteiger partial charge in [0.1, 0.15) is 12.6 Å². The van der Waals surface area contributed by atoms with Crippen molar-refractivity contribution in [2.75, 3.05) is 24.2 Å². The zero-order valence-corrected chi connectivity index (χ0v) is 18.5. The molecule has 0 spiro atoms. The molecule has 0 unspecified atom stereocenters. The number of hydrogen-bond acceptors (Lipinski definition) is 4. The van der Waals surface area contributed by atoms with Gasteiger partial charge in [-0.2, -0.15) is 0 Å². The highest BCUT2D eigenvalue weighted by atomic mass is 32.2. The summed E-state index contributed by atoms with van der Waals surface area (Å²) in [4.78, 5) is 26.6. The Labute approximate surface area is 180 Å². The zero-order valence-electron chi connectivity index (χ0n) is 17.7. The van der Waals surface area contributed by atoms with Crippen LogP contribution in [0.3, 0.4) is 0 Å². The largest absolute Gasteiger partial charge is 0.357 e. The Kier molecular flexibility index (Phi) is 7.72. The number of halogens is 2. The van der Waals surface area contributed by atoms with Gasteiger partial charge in [0.15, 0.2) is 11.6 Å². The van der Waals surface area contributed by atoms with Gasteiger partial charge in [0.05, 0.1) is 11.9 Å². The molecule has 0 aliphatic rings. The molecule has 31 heavy (non-hydrogen) atoms. The Morgan fingerprint density at radius 1 is 1.10 bits per heavy atom. The van der Waals surface area contributed by atoms with Crippen molar-refractivity contribution in [2.45, 2.75) is 26.4 Å². The third kappa shape index (κ3) is 6.24. The fourth-order valence-corrected chi connectivity index (χ4v) is 3.89. The minimum atomic E-state index is -4.01. The average molecular weight is 454 g/mol. The summed E-state index contributed by atoms with van der Waals surface area (Å²) >= 11 is 0. The first-order chi connectivity index (χ1) is 14.4. The summed E-state index contributed by atoms with van der Waals surface area (Å²) in [6.07, 6.45) is 0.856. The quantitative estimate of drug-likeness (QED) is 0.664. The van der Waals surface area contributed by atoms with E-state index in [0.717, 1.165) is 29.5 Å². The monoisotopic (exact) mass is 453 g/mol. The van der Waals surface area contributed by atoms with Gasteiger partial charge in [-0.3, -0.25) is 13.9 Å². The first-order valence-corrected chi connectivity index (χ1v) is 11.3. The fourth-order valence-electron chi connectivity index (χ4n) is 3.05. The van der Waals surface area contributed by atoms with Gasteiger partial charge in [-0.15, -0.1) is 0 Å². The molecule has 10 heteroatoms. The summed E-state index contributed by atoms with van der Waals surface area (Å²) in [7, 11) is -2.58. The molecule has 2 amide bonds. The Morgan fingerprint density at radius 3 is 2.32 bits per heavy atom. The Balaban J connectivity index is 2.40. The average Bonchev–Trinajstić information content (AvgIpc) is 2.70. The maximum absolute atomic E-state index is 13.7. The van der Waals surface area contributed by atoms with Crippen LogP contribution in [0.1, 0.15) is 18.1 Å². The Hall–Kier alpha value is -3.01. The highest BCUT2D eigenvalue weighted by Crippen LogP contribution is 2.21. The fraction of sp³-hybridized carbons (Fsp3) is 0.333. The second-order valence-electron chi connectivity index (χ2n) is 7.17. The predicted octanol–water partition coefficient (Wildman–Crippen LogP) is 2.20. The Morgan fingerprint density at radius 2 is 1.77 bits per heavy atom. The number of anilines is 1. The van der Waals surface area contributed by atoms with Gasteiger partial charge in [-0.25, -0.2) is 17.2 Å². The van der Waals surface area contributed by atoms with E-state index in [-0.39, 0.29) is 12.2 Å². The van der Waals surface area contributed by atoms with Crippen LogP contribution < -0.4 is 9.62 Å². The van der Waals surface area contributed by atoms with Gasteiger partial charge in [0.2, 0.25) is 21.8 Å². The van der Waals surface area contributed by atoms with Crippen molar-refractivity contribution in [3.05, 3.63) is 65.2 Å². The normalized spacial score (nSPS) is 12.2. The number of carbonyl (C=O) groups is 2. The molecule has 2 rings (SSSR count). The van der Waals surface area contributed by atoms with E-state index in [2.05, 4.69) is 5.32 Å². The van der Waals surface area contributed by atoms with Gasteiger partial charge in [0, 0.05) is 19.7 Å². The van der Waals surface area contributed by atoms with Gasteiger partial charge >= 0.3 is 0 Å². The molecule has 7 nitrogen and oxygen atoms in total. The minimum Gasteiger partial charge on any atom is -0.357 e. The van der Waals surface area contributed by atoms with Crippen LogP contribution in [0.25, 0.3) is 0 Å². The number of carbonyl (C=O) groups excluding carboxylic acids is 2. The summed E-state index contributed by atoms with van der Waals surface area (Å²) in [5, 5.41) is 2.47. The molecule has 1 atom stereocenters. The molecule has 0 saturated heterocycles. The molecule has 0 aliphatic carbocycles. The number of amides is 2. The molecule has 168 valence electrons.